The van der Waals surface area contributed by atoms with Gasteiger partial charge in [-0.1, -0.05) is 20.8 Å². The van der Waals surface area contributed by atoms with Gasteiger partial charge in [-0.25, -0.2) is 0 Å². The van der Waals surface area contributed by atoms with Crippen LogP contribution in [0.15, 0.2) is 0 Å². The number of likely N-dealkylation sites (tertiary alicyclic amines) is 1. The van der Waals surface area contributed by atoms with Gasteiger partial charge < -0.3 is 4.90 Å². The molecule has 1 rings (SSSR count). The van der Waals surface area contributed by atoms with E-state index in [0.29, 0.717) is 5.88 Å². The quantitative estimate of drug-likeness (QED) is 0.700. The highest BCUT2D eigenvalue weighted by molar-refractivity contribution is 6.19. The molecule has 2 unspecified atom stereocenters. The normalized spacial score (nSPS) is 24.3. The zero-order valence-electron chi connectivity index (χ0n) is 10.7. The van der Waals surface area contributed by atoms with Crippen molar-refractivity contribution in [3.05, 3.63) is 0 Å². The highest BCUT2D eigenvalue weighted by atomic mass is 35.5. The van der Waals surface area contributed by atoms with Crippen molar-refractivity contribution < 1.29 is 4.79 Å². The fourth-order valence-corrected chi connectivity index (χ4v) is 2.52. The number of alkyl halides is 1. The van der Waals surface area contributed by atoms with E-state index in [0.717, 1.165) is 37.8 Å². The van der Waals surface area contributed by atoms with Crippen molar-refractivity contribution in [3.63, 3.8) is 0 Å². The lowest BCUT2D eigenvalue weighted by atomic mass is 9.89. The summed E-state index contributed by atoms with van der Waals surface area (Å²) in [6, 6.07) is 0. The minimum absolute atomic E-state index is 0.0303. The van der Waals surface area contributed by atoms with E-state index in [1.807, 2.05) is 11.8 Å². The summed E-state index contributed by atoms with van der Waals surface area (Å²) in [5, 5.41) is 0. The molecule has 2 nitrogen and oxygen atoms in total. The predicted molar refractivity (Wildman–Crippen MR) is 68.6 cm³/mol. The Morgan fingerprint density at radius 3 is 2.56 bits per heavy atom. The average molecular weight is 246 g/mol. The molecule has 1 amide bonds. The molecule has 1 fully saturated rings. The Morgan fingerprint density at radius 2 is 2.00 bits per heavy atom. The van der Waals surface area contributed by atoms with Crippen LogP contribution in [0.4, 0.5) is 0 Å². The molecule has 0 aromatic carbocycles. The van der Waals surface area contributed by atoms with Crippen LogP contribution in [-0.2, 0) is 4.79 Å². The Balaban J connectivity index is 2.50. The van der Waals surface area contributed by atoms with Crippen LogP contribution in [-0.4, -0.2) is 29.8 Å². The number of carbonyl (C=O) groups excluding carboxylic acids is 1. The lowest BCUT2D eigenvalue weighted by Gasteiger charge is -2.23. The Hall–Kier alpha value is -0.240. The number of amides is 1. The number of rotatable bonds is 3. The molecule has 0 spiro atoms. The van der Waals surface area contributed by atoms with E-state index >= 15 is 0 Å². The first-order valence-corrected chi connectivity index (χ1v) is 6.94. The van der Waals surface area contributed by atoms with Crippen LogP contribution in [0.3, 0.4) is 0 Å². The second-order valence-corrected chi connectivity index (χ2v) is 5.62. The van der Waals surface area contributed by atoms with Crippen molar-refractivity contribution in [2.24, 2.45) is 17.8 Å². The van der Waals surface area contributed by atoms with Crippen LogP contribution in [0, 0.1) is 17.8 Å². The van der Waals surface area contributed by atoms with E-state index in [2.05, 4.69) is 13.8 Å². The van der Waals surface area contributed by atoms with E-state index in [1.54, 1.807) is 0 Å². The van der Waals surface area contributed by atoms with Gasteiger partial charge in [0.2, 0.25) is 5.91 Å². The molecule has 3 heteroatoms. The molecule has 0 radical (unpaired) electrons. The number of carbonyl (C=O) groups is 1. The first kappa shape index (κ1) is 13.8. The van der Waals surface area contributed by atoms with Gasteiger partial charge in [0.05, 0.1) is 0 Å². The van der Waals surface area contributed by atoms with Gasteiger partial charge >= 0.3 is 0 Å². The summed E-state index contributed by atoms with van der Waals surface area (Å²) in [5.41, 5.74) is 0. The van der Waals surface area contributed by atoms with Crippen LogP contribution in [0.25, 0.3) is 0 Å². The van der Waals surface area contributed by atoms with Crippen molar-refractivity contribution >= 4 is 17.5 Å². The molecule has 16 heavy (non-hydrogen) atoms. The molecule has 0 bridgehead atoms. The van der Waals surface area contributed by atoms with Crippen LogP contribution in [0.1, 0.15) is 40.0 Å². The van der Waals surface area contributed by atoms with Gasteiger partial charge in [0.15, 0.2) is 0 Å². The summed E-state index contributed by atoms with van der Waals surface area (Å²) in [5.74, 6) is 2.16. The van der Waals surface area contributed by atoms with Crippen molar-refractivity contribution in [3.8, 4) is 0 Å². The molecule has 0 N–H and O–H groups in total. The molecule has 94 valence electrons. The maximum Gasteiger partial charge on any atom is 0.226 e. The molecule has 2 atom stereocenters. The third-order valence-electron chi connectivity index (χ3n) is 3.68. The molecular formula is C13H24ClNO. The van der Waals surface area contributed by atoms with Gasteiger partial charge in [-0.15, -0.1) is 11.6 Å². The van der Waals surface area contributed by atoms with Crippen LogP contribution >= 0.6 is 11.6 Å². The molecule has 1 heterocycles. The van der Waals surface area contributed by atoms with Crippen molar-refractivity contribution in [2.75, 3.05) is 19.0 Å². The second kappa shape index (κ2) is 6.48. The van der Waals surface area contributed by atoms with Crippen LogP contribution in [0.5, 0.6) is 0 Å². The zero-order valence-corrected chi connectivity index (χ0v) is 11.5. The lowest BCUT2D eigenvalue weighted by molar-refractivity contribution is -0.134. The Bertz CT molecular complexity index is 230. The van der Waals surface area contributed by atoms with Gasteiger partial charge in [-0.2, -0.15) is 0 Å². The van der Waals surface area contributed by atoms with Gasteiger partial charge in [0, 0.05) is 24.9 Å². The predicted octanol–water partition coefficient (Wildman–Crippen LogP) is 3.15. The monoisotopic (exact) mass is 245 g/mol. The summed E-state index contributed by atoms with van der Waals surface area (Å²) in [4.78, 5) is 14.0. The Labute approximate surface area is 104 Å². The number of nitrogens with zero attached hydrogens (tertiary/aromatic N) is 1. The van der Waals surface area contributed by atoms with Gasteiger partial charge in [-0.05, 0) is 31.1 Å². The number of hydrogen-bond acceptors (Lipinski definition) is 1. The van der Waals surface area contributed by atoms with E-state index < -0.39 is 0 Å². The Kier molecular flexibility index (Phi) is 5.60. The molecule has 1 saturated heterocycles. The SMILES string of the molecule is CC(CCl)C(=O)N1CCCC(C(C)C)CC1. The van der Waals surface area contributed by atoms with Crippen molar-refractivity contribution in [1.82, 2.24) is 4.90 Å². The lowest BCUT2D eigenvalue weighted by Crippen LogP contribution is -2.36. The van der Waals surface area contributed by atoms with E-state index in [9.17, 15) is 4.79 Å². The molecule has 0 saturated carbocycles. The van der Waals surface area contributed by atoms with Crippen molar-refractivity contribution in [1.29, 1.82) is 0 Å². The summed E-state index contributed by atoms with van der Waals surface area (Å²) < 4.78 is 0. The number of hydrogen-bond donors (Lipinski definition) is 0. The fraction of sp³-hybridized carbons (Fsp3) is 0.923. The third-order valence-corrected chi connectivity index (χ3v) is 4.14. The zero-order chi connectivity index (χ0) is 12.1. The largest absolute Gasteiger partial charge is 0.342 e. The smallest absolute Gasteiger partial charge is 0.226 e. The van der Waals surface area contributed by atoms with E-state index in [1.165, 1.54) is 6.42 Å². The molecular weight excluding hydrogens is 222 g/mol. The van der Waals surface area contributed by atoms with Gasteiger partial charge in [0.25, 0.3) is 0 Å². The van der Waals surface area contributed by atoms with Crippen LogP contribution in [0.2, 0.25) is 0 Å². The Morgan fingerprint density at radius 1 is 1.31 bits per heavy atom. The maximum absolute atomic E-state index is 12.0. The minimum atomic E-state index is -0.0303. The standard InChI is InChI=1S/C13H24ClNO/c1-10(2)12-5-4-7-15(8-6-12)13(16)11(3)9-14/h10-12H,4-9H2,1-3H3. The highest BCUT2D eigenvalue weighted by Crippen LogP contribution is 2.25. The minimum Gasteiger partial charge on any atom is -0.342 e. The number of halogens is 1. The van der Waals surface area contributed by atoms with Gasteiger partial charge in [0.1, 0.15) is 0 Å². The van der Waals surface area contributed by atoms with Crippen LogP contribution < -0.4 is 0 Å². The van der Waals surface area contributed by atoms with Gasteiger partial charge in [-0.3, -0.25) is 4.79 Å². The summed E-state index contributed by atoms with van der Waals surface area (Å²) >= 11 is 5.74. The maximum atomic E-state index is 12.0. The van der Waals surface area contributed by atoms with Crippen molar-refractivity contribution in [2.45, 2.75) is 40.0 Å². The molecule has 1 aliphatic heterocycles. The third kappa shape index (κ3) is 3.65. The first-order valence-electron chi connectivity index (χ1n) is 6.41. The fourth-order valence-electron chi connectivity index (χ4n) is 2.39. The molecule has 1 aliphatic rings. The van der Waals surface area contributed by atoms with E-state index in [4.69, 9.17) is 11.6 Å². The summed E-state index contributed by atoms with van der Waals surface area (Å²) in [6.07, 6.45) is 3.55. The summed E-state index contributed by atoms with van der Waals surface area (Å²) in [6.45, 7) is 8.32. The molecule has 0 aromatic heterocycles. The van der Waals surface area contributed by atoms with E-state index in [-0.39, 0.29) is 11.8 Å². The summed E-state index contributed by atoms with van der Waals surface area (Å²) in [7, 11) is 0. The highest BCUT2D eigenvalue weighted by Gasteiger charge is 2.24. The first-order chi connectivity index (χ1) is 7.56. The molecule has 0 aromatic rings. The second-order valence-electron chi connectivity index (χ2n) is 5.32. The topological polar surface area (TPSA) is 20.3 Å². The molecule has 0 aliphatic carbocycles. The average Bonchev–Trinajstić information content (AvgIpc) is 2.52.